The van der Waals surface area contributed by atoms with Crippen molar-refractivity contribution in [3.8, 4) is 0 Å². The van der Waals surface area contributed by atoms with E-state index in [1.54, 1.807) is 29.0 Å². The fourth-order valence-corrected chi connectivity index (χ4v) is 3.61. The van der Waals surface area contributed by atoms with E-state index in [0.29, 0.717) is 36.2 Å². The lowest BCUT2D eigenvalue weighted by Gasteiger charge is -2.33. The van der Waals surface area contributed by atoms with E-state index in [9.17, 15) is 9.59 Å². The van der Waals surface area contributed by atoms with Crippen LogP contribution in [0.5, 0.6) is 0 Å². The first-order chi connectivity index (χ1) is 9.67. The lowest BCUT2D eigenvalue weighted by atomic mass is 10.2. The standard InChI is InChI=1S/C12H17N3O3S2/c1-2-18-12(17)9-7-19-4-3-15(9)11(16)8-6-20-10(5-13)14-8/h6,9H,2-5,7,13H2,1H3. The number of hydrogen-bond acceptors (Lipinski definition) is 7. The summed E-state index contributed by atoms with van der Waals surface area (Å²) in [5, 5.41) is 2.40. The zero-order chi connectivity index (χ0) is 14.5. The van der Waals surface area contributed by atoms with Crippen molar-refractivity contribution in [3.05, 3.63) is 16.1 Å². The summed E-state index contributed by atoms with van der Waals surface area (Å²) in [4.78, 5) is 30.1. The number of hydrogen-bond donors (Lipinski definition) is 1. The van der Waals surface area contributed by atoms with Crippen LogP contribution in [-0.4, -0.2) is 52.5 Å². The van der Waals surface area contributed by atoms with E-state index in [1.807, 2.05) is 0 Å². The van der Waals surface area contributed by atoms with Crippen molar-refractivity contribution < 1.29 is 14.3 Å². The van der Waals surface area contributed by atoms with Crippen LogP contribution in [0.2, 0.25) is 0 Å². The summed E-state index contributed by atoms with van der Waals surface area (Å²) < 4.78 is 5.04. The highest BCUT2D eigenvalue weighted by Gasteiger charge is 2.34. The van der Waals surface area contributed by atoms with Gasteiger partial charge in [-0.05, 0) is 6.92 Å². The number of esters is 1. The molecule has 6 nitrogen and oxygen atoms in total. The van der Waals surface area contributed by atoms with Gasteiger partial charge in [-0.15, -0.1) is 11.3 Å². The van der Waals surface area contributed by atoms with E-state index in [0.717, 1.165) is 5.75 Å². The largest absolute Gasteiger partial charge is 0.464 e. The molecule has 0 saturated carbocycles. The predicted octanol–water partition coefficient (Wildman–Crippen LogP) is 0.723. The van der Waals surface area contributed by atoms with E-state index in [-0.39, 0.29) is 11.9 Å². The van der Waals surface area contributed by atoms with Crippen molar-refractivity contribution in [3.63, 3.8) is 0 Å². The van der Waals surface area contributed by atoms with Crippen molar-refractivity contribution in [2.45, 2.75) is 19.5 Å². The zero-order valence-electron chi connectivity index (χ0n) is 11.2. The van der Waals surface area contributed by atoms with Crippen molar-refractivity contribution in [1.82, 2.24) is 9.88 Å². The molecule has 1 amide bonds. The molecule has 0 spiro atoms. The lowest BCUT2D eigenvalue weighted by molar-refractivity contribution is -0.147. The number of aromatic nitrogens is 1. The Labute approximate surface area is 125 Å². The SMILES string of the molecule is CCOC(=O)C1CSCCN1C(=O)c1csc(CN)n1. The van der Waals surface area contributed by atoms with Crippen LogP contribution >= 0.6 is 23.1 Å². The second-order valence-electron chi connectivity index (χ2n) is 4.17. The smallest absolute Gasteiger partial charge is 0.329 e. The highest BCUT2D eigenvalue weighted by molar-refractivity contribution is 7.99. The second kappa shape index (κ2) is 7.05. The summed E-state index contributed by atoms with van der Waals surface area (Å²) in [6.45, 7) is 2.92. The molecule has 1 saturated heterocycles. The van der Waals surface area contributed by atoms with E-state index in [2.05, 4.69) is 4.98 Å². The summed E-state index contributed by atoms with van der Waals surface area (Å²) >= 11 is 3.01. The molecule has 1 fully saturated rings. The Morgan fingerprint density at radius 2 is 2.40 bits per heavy atom. The molecule has 20 heavy (non-hydrogen) atoms. The maximum Gasteiger partial charge on any atom is 0.329 e. The number of nitrogens with zero attached hydrogens (tertiary/aromatic N) is 2. The molecule has 0 radical (unpaired) electrons. The van der Waals surface area contributed by atoms with Gasteiger partial charge in [0.2, 0.25) is 0 Å². The van der Waals surface area contributed by atoms with Gasteiger partial charge in [0, 0.05) is 30.0 Å². The van der Waals surface area contributed by atoms with Crippen LogP contribution in [0.3, 0.4) is 0 Å². The normalized spacial score (nSPS) is 18.9. The van der Waals surface area contributed by atoms with Gasteiger partial charge in [0.05, 0.1) is 6.61 Å². The molecule has 2 rings (SSSR count). The Morgan fingerprint density at radius 3 is 3.05 bits per heavy atom. The van der Waals surface area contributed by atoms with Crippen molar-refractivity contribution in [2.24, 2.45) is 5.73 Å². The second-order valence-corrected chi connectivity index (χ2v) is 6.26. The molecule has 2 heterocycles. The molecule has 1 aromatic rings. The summed E-state index contributed by atoms with van der Waals surface area (Å²) in [5.41, 5.74) is 5.86. The first kappa shape index (κ1) is 15.3. The zero-order valence-corrected chi connectivity index (χ0v) is 12.8. The van der Waals surface area contributed by atoms with Crippen LogP contribution in [0.4, 0.5) is 0 Å². The molecule has 0 aliphatic carbocycles. The van der Waals surface area contributed by atoms with Gasteiger partial charge in [-0.25, -0.2) is 9.78 Å². The topological polar surface area (TPSA) is 85.5 Å². The van der Waals surface area contributed by atoms with Crippen LogP contribution in [0.25, 0.3) is 0 Å². The molecule has 1 aliphatic heterocycles. The van der Waals surface area contributed by atoms with Crippen LogP contribution in [0.15, 0.2) is 5.38 Å². The minimum Gasteiger partial charge on any atom is -0.464 e. The van der Waals surface area contributed by atoms with E-state index < -0.39 is 6.04 Å². The molecular formula is C12H17N3O3S2. The lowest BCUT2D eigenvalue weighted by Crippen LogP contribution is -2.51. The van der Waals surface area contributed by atoms with E-state index >= 15 is 0 Å². The molecule has 1 atom stereocenters. The van der Waals surface area contributed by atoms with Crippen molar-refractivity contribution in [1.29, 1.82) is 0 Å². The third-order valence-corrected chi connectivity index (χ3v) is 4.79. The van der Waals surface area contributed by atoms with Gasteiger partial charge in [-0.3, -0.25) is 4.79 Å². The van der Waals surface area contributed by atoms with Gasteiger partial charge in [0.25, 0.3) is 5.91 Å². The van der Waals surface area contributed by atoms with Gasteiger partial charge >= 0.3 is 5.97 Å². The highest BCUT2D eigenvalue weighted by atomic mass is 32.2. The molecule has 0 aromatic carbocycles. The third kappa shape index (κ3) is 3.31. The third-order valence-electron chi connectivity index (χ3n) is 2.89. The van der Waals surface area contributed by atoms with Gasteiger partial charge in [-0.1, -0.05) is 0 Å². The summed E-state index contributed by atoms with van der Waals surface area (Å²) in [6.07, 6.45) is 0. The van der Waals surface area contributed by atoms with Gasteiger partial charge in [0.15, 0.2) is 0 Å². The Balaban J connectivity index is 2.14. The van der Waals surface area contributed by atoms with Crippen molar-refractivity contribution >= 4 is 35.0 Å². The number of thioether (sulfide) groups is 1. The fourth-order valence-electron chi connectivity index (χ4n) is 1.93. The Morgan fingerprint density at radius 1 is 1.60 bits per heavy atom. The van der Waals surface area contributed by atoms with Crippen LogP contribution in [0.1, 0.15) is 22.4 Å². The summed E-state index contributed by atoms with van der Waals surface area (Å²) in [5.74, 6) is 0.815. The number of rotatable bonds is 4. The number of thiazole rings is 1. The predicted molar refractivity (Wildman–Crippen MR) is 78.8 cm³/mol. The molecule has 8 heteroatoms. The minimum absolute atomic E-state index is 0.223. The van der Waals surface area contributed by atoms with Crippen LogP contribution < -0.4 is 5.73 Å². The Kier molecular flexibility index (Phi) is 5.38. The van der Waals surface area contributed by atoms with Crippen molar-refractivity contribution in [2.75, 3.05) is 24.7 Å². The van der Waals surface area contributed by atoms with Gasteiger partial charge in [-0.2, -0.15) is 11.8 Å². The average molecular weight is 315 g/mol. The van der Waals surface area contributed by atoms with Crippen LogP contribution in [-0.2, 0) is 16.1 Å². The summed E-state index contributed by atoms with van der Waals surface area (Å²) in [7, 11) is 0. The minimum atomic E-state index is -0.524. The molecule has 1 unspecified atom stereocenters. The number of carbonyl (C=O) groups is 2. The van der Waals surface area contributed by atoms with Gasteiger partial charge in [0.1, 0.15) is 16.7 Å². The van der Waals surface area contributed by atoms with Crippen LogP contribution in [0, 0.1) is 0 Å². The molecule has 110 valence electrons. The first-order valence-electron chi connectivity index (χ1n) is 6.37. The average Bonchev–Trinajstić information content (AvgIpc) is 2.95. The molecule has 0 bridgehead atoms. The van der Waals surface area contributed by atoms with Gasteiger partial charge < -0.3 is 15.4 Å². The number of carbonyl (C=O) groups excluding carboxylic acids is 2. The maximum atomic E-state index is 12.5. The molecule has 1 aliphatic rings. The quantitative estimate of drug-likeness (QED) is 0.824. The number of nitrogens with two attached hydrogens (primary N) is 1. The fraction of sp³-hybridized carbons (Fsp3) is 0.583. The molecule has 1 aromatic heterocycles. The van der Waals surface area contributed by atoms with E-state index in [4.69, 9.17) is 10.5 Å². The highest BCUT2D eigenvalue weighted by Crippen LogP contribution is 2.21. The van der Waals surface area contributed by atoms with E-state index in [1.165, 1.54) is 11.3 Å². The maximum absolute atomic E-state index is 12.5. The monoisotopic (exact) mass is 315 g/mol. The number of ether oxygens (including phenoxy) is 1. The molecule has 2 N–H and O–H groups in total. The summed E-state index contributed by atoms with van der Waals surface area (Å²) in [6, 6.07) is -0.524. The number of amides is 1. The Hall–Kier alpha value is -1.12. The Bertz CT molecular complexity index is 492. The first-order valence-corrected chi connectivity index (χ1v) is 8.40. The molecular weight excluding hydrogens is 298 g/mol.